The van der Waals surface area contributed by atoms with Crippen LogP contribution in [0.4, 0.5) is 0 Å². The summed E-state index contributed by atoms with van der Waals surface area (Å²) in [6, 6.07) is 23.0. The van der Waals surface area contributed by atoms with Crippen molar-refractivity contribution in [2.75, 3.05) is 5.75 Å². The van der Waals surface area contributed by atoms with Crippen molar-refractivity contribution in [1.82, 2.24) is 0 Å². The third kappa shape index (κ3) is 4.15. The average molecular weight is 426 g/mol. The normalized spacial score (nSPS) is 13.3. The van der Waals surface area contributed by atoms with Crippen LogP contribution in [0.3, 0.4) is 0 Å². The zero-order chi connectivity index (χ0) is 21.2. The highest BCUT2D eigenvalue weighted by molar-refractivity contribution is 8.14. The van der Waals surface area contributed by atoms with Crippen molar-refractivity contribution < 1.29 is 14.3 Å². The Labute approximate surface area is 183 Å². The van der Waals surface area contributed by atoms with Crippen LogP contribution in [-0.4, -0.2) is 27.6 Å². The maximum atomic E-state index is 10.9. The number of fused-ring (bicyclic) bond motifs is 1. The van der Waals surface area contributed by atoms with Crippen LogP contribution < -0.4 is 0 Å². The minimum atomic E-state index is -0.860. The Morgan fingerprint density at radius 2 is 1.65 bits per heavy atom. The molecule has 1 N–H and O–H groups in total. The van der Waals surface area contributed by atoms with E-state index in [9.17, 15) is 4.79 Å². The predicted molar refractivity (Wildman–Crippen MR) is 126 cm³/mol. The van der Waals surface area contributed by atoms with Crippen LogP contribution in [0, 0.1) is 0 Å². The van der Waals surface area contributed by atoms with Crippen LogP contribution in [0.15, 0.2) is 93.9 Å². The average Bonchev–Trinajstić information content (AvgIpc) is 3.49. The second-order valence-corrected chi connectivity index (χ2v) is 8.32. The number of rotatable bonds is 5. The topological polar surface area (TPSA) is 75.2 Å². The summed E-state index contributed by atoms with van der Waals surface area (Å²) in [5.74, 6) is -0.874. The number of carbonyl (C=O) groups is 1. The molecule has 1 aliphatic heterocycles. The summed E-state index contributed by atoms with van der Waals surface area (Å²) in [6.45, 7) is 0. The van der Waals surface area contributed by atoms with Crippen LogP contribution in [-0.2, 0) is 4.79 Å². The highest BCUT2D eigenvalue weighted by atomic mass is 32.2. The maximum absolute atomic E-state index is 10.9. The summed E-state index contributed by atoms with van der Waals surface area (Å²) in [7, 11) is 0. The number of nitrogens with zero attached hydrogens (tertiary/aromatic N) is 2. The van der Waals surface area contributed by atoms with Gasteiger partial charge < -0.3 is 9.52 Å². The van der Waals surface area contributed by atoms with Gasteiger partial charge in [0.15, 0.2) is 0 Å². The number of furan rings is 1. The van der Waals surface area contributed by atoms with E-state index in [1.54, 1.807) is 12.5 Å². The molecule has 0 spiro atoms. The van der Waals surface area contributed by atoms with Gasteiger partial charge in [0.05, 0.1) is 24.0 Å². The summed E-state index contributed by atoms with van der Waals surface area (Å²) in [5, 5.41) is 20.5. The van der Waals surface area contributed by atoms with Crippen molar-refractivity contribution in [2.24, 2.45) is 10.2 Å². The maximum Gasteiger partial charge on any atom is 0.313 e. The van der Waals surface area contributed by atoms with Gasteiger partial charge in [-0.1, -0.05) is 48.2 Å². The highest BCUT2D eigenvalue weighted by Crippen LogP contribution is 2.32. The highest BCUT2D eigenvalue weighted by Gasteiger charge is 2.18. The Bertz CT molecular complexity index is 1340. The molecule has 0 saturated carbocycles. The standard InChI is InChI=1S/C25H18N2O3S/c28-25(29)15-31-24-13-23(26-27-24)22-11-20(10-21(12-22)19-7-8-30-14-19)18-6-5-16-3-1-2-4-17(16)9-18/h1-12,14H,13,15H2,(H,28,29). The van der Waals surface area contributed by atoms with E-state index < -0.39 is 5.97 Å². The van der Waals surface area contributed by atoms with E-state index in [0.717, 1.165) is 38.6 Å². The number of hydrogen-bond donors (Lipinski definition) is 1. The minimum Gasteiger partial charge on any atom is -0.481 e. The third-order valence-corrected chi connectivity index (χ3v) is 6.12. The van der Waals surface area contributed by atoms with Gasteiger partial charge in [0, 0.05) is 12.0 Å². The van der Waals surface area contributed by atoms with E-state index in [2.05, 4.69) is 58.7 Å². The first-order valence-electron chi connectivity index (χ1n) is 9.81. The van der Waals surface area contributed by atoms with Gasteiger partial charge in [0.1, 0.15) is 5.04 Å². The molecule has 0 atom stereocenters. The molecule has 0 radical (unpaired) electrons. The van der Waals surface area contributed by atoms with Crippen molar-refractivity contribution in [3.63, 3.8) is 0 Å². The fraction of sp³-hybridized carbons (Fsp3) is 0.0800. The lowest BCUT2D eigenvalue weighted by molar-refractivity contribution is -0.133. The van der Waals surface area contributed by atoms with Crippen molar-refractivity contribution >= 4 is 39.3 Å². The van der Waals surface area contributed by atoms with Gasteiger partial charge in [-0.3, -0.25) is 4.79 Å². The molecule has 0 amide bonds. The van der Waals surface area contributed by atoms with E-state index in [-0.39, 0.29) is 5.75 Å². The lowest BCUT2D eigenvalue weighted by atomic mass is 9.94. The van der Waals surface area contributed by atoms with Crippen molar-refractivity contribution in [3.8, 4) is 22.3 Å². The van der Waals surface area contributed by atoms with Gasteiger partial charge >= 0.3 is 5.97 Å². The van der Waals surface area contributed by atoms with E-state index in [0.29, 0.717) is 6.42 Å². The van der Waals surface area contributed by atoms with Crippen molar-refractivity contribution in [3.05, 3.63) is 84.8 Å². The fourth-order valence-electron chi connectivity index (χ4n) is 3.64. The molecule has 0 bridgehead atoms. The zero-order valence-electron chi connectivity index (χ0n) is 16.5. The first-order chi connectivity index (χ1) is 15.2. The molecule has 1 aromatic heterocycles. The van der Waals surface area contributed by atoms with Gasteiger partial charge in [-0.05, 0) is 63.4 Å². The monoisotopic (exact) mass is 426 g/mol. The molecule has 0 unspecified atom stereocenters. The molecule has 31 heavy (non-hydrogen) atoms. The Morgan fingerprint density at radius 1 is 0.871 bits per heavy atom. The SMILES string of the molecule is O=C(O)CSC1=NN=C(c2cc(-c3ccoc3)cc(-c3ccc4ccccc4c3)c2)C1. The molecule has 152 valence electrons. The summed E-state index contributed by atoms with van der Waals surface area (Å²) in [5.41, 5.74) is 6.02. The Kier molecular flexibility index (Phi) is 5.14. The van der Waals surface area contributed by atoms with Gasteiger partial charge in [0.25, 0.3) is 0 Å². The second-order valence-electron chi connectivity index (χ2n) is 7.27. The van der Waals surface area contributed by atoms with Crippen molar-refractivity contribution in [2.45, 2.75) is 6.42 Å². The third-order valence-electron chi connectivity index (χ3n) is 5.17. The van der Waals surface area contributed by atoms with E-state index >= 15 is 0 Å². The fourth-order valence-corrected chi connectivity index (χ4v) is 4.27. The number of benzene rings is 3. The number of carboxylic acid groups (broad SMARTS) is 1. The summed E-state index contributed by atoms with van der Waals surface area (Å²) in [4.78, 5) is 10.9. The molecular weight excluding hydrogens is 408 g/mol. The molecule has 0 fully saturated rings. The lowest BCUT2D eigenvalue weighted by Crippen LogP contribution is -2.05. The van der Waals surface area contributed by atoms with Crippen LogP contribution in [0.2, 0.25) is 0 Å². The van der Waals surface area contributed by atoms with Gasteiger partial charge in [-0.2, -0.15) is 5.10 Å². The first kappa shape index (κ1) is 19.3. The van der Waals surface area contributed by atoms with Gasteiger partial charge in [0.2, 0.25) is 0 Å². The molecule has 5 rings (SSSR count). The number of thioether (sulfide) groups is 1. The molecule has 1 aliphatic rings. The Morgan fingerprint density at radius 3 is 2.42 bits per heavy atom. The predicted octanol–water partition coefficient (Wildman–Crippen LogP) is 6.09. The van der Waals surface area contributed by atoms with E-state index in [4.69, 9.17) is 9.52 Å². The molecule has 4 aromatic rings. The molecule has 3 aromatic carbocycles. The minimum absolute atomic E-state index is 0.0148. The van der Waals surface area contributed by atoms with Gasteiger partial charge in [-0.15, -0.1) is 5.10 Å². The largest absolute Gasteiger partial charge is 0.481 e. The van der Waals surface area contributed by atoms with Gasteiger partial charge in [-0.25, -0.2) is 0 Å². The van der Waals surface area contributed by atoms with Crippen LogP contribution in [0.1, 0.15) is 12.0 Å². The zero-order valence-corrected chi connectivity index (χ0v) is 17.3. The number of carboxylic acids is 1. The Hall–Kier alpha value is -3.64. The molecule has 0 saturated heterocycles. The van der Waals surface area contributed by atoms with E-state index in [1.807, 2.05) is 18.2 Å². The van der Waals surface area contributed by atoms with Crippen LogP contribution in [0.5, 0.6) is 0 Å². The molecule has 0 aliphatic carbocycles. The van der Waals surface area contributed by atoms with Crippen molar-refractivity contribution in [1.29, 1.82) is 0 Å². The molecular formula is C25H18N2O3S. The smallest absolute Gasteiger partial charge is 0.313 e. The summed E-state index contributed by atoms with van der Waals surface area (Å²) >= 11 is 1.22. The first-order valence-corrected chi connectivity index (χ1v) is 10.8. The molecule has 2 heterocycles. The van der Waals surface area contributed by atoms with E-state index in [1.165, 1.54) is 22.5 Å². The molecule has 6 heteroatoms. The number of hydrogen-bond acceptors (Lipinski definition) is 5. The van der Waals surface area contributed by atoms with Crippen LogP contribution in [0.25, 0.3) is 33.0 Å². The summed E-state index contributed by atoms with van der Waals surface area (Å²) in [6.07, 6.45) is 3.92. The summed E-state index contributed by atoms with van der Waals surface area (Å²) < 4.78 is 5.30. The van der Waals surface area contributed by atoms with Crippen LogP contribution >= 0.6 is 11.8 Å². The molecule has 5 nitrogen and oxygen atoms in total. The Balaban J connectivity index is 1.53. The lowest BCUT2D eigenvalue weighted by Gasteiger charge is -2.10. The second kappa shape index (κ2) is 8.24. The quantitative estimate of drug-likeness (QED) is 0.419. The number of aliphatic carboxylic acids is 1.